The van der Waals surface area contributed by atoms with E-state index in [2.05, 4.69) is 11.1 Å². The van der Waals surface area contributed by atoms with E-state index >= 15 is 0 Å². The summed E-state index contributed by atoms with van der Waals surface area (Å²) in [4.78, 5) is 31.7. The van der Waals surface area contributed by atoms with E-state index in [1.807, 2.05) is 52.8 Å². The number of thiazole rings is 1. The SMILES string of the molecule is CCn1c(=NC(=O)CSCC(=O)N2CCc3ccccc32)sc2cc(Cl)ccc21. The number of nitrogens with zero attached hydrogens (tertiary/aromatic N) is 3. The number of hydrogen-bond donors (Lipinski definition) is 0. The van der Waals surface area contributed by atoms with Crippen LogP contribution in [0.25, 0.3) is 10.2 Å². The molecule has 3 aromatic rings. The van der Waals surface area contributed by atoms with Crippen LogP contribution in [0.15, 0.2) is 47.5 Å². The van der Waals surface area contributed by atoms with E-state index < -0.39 is 0 Å². The summed E-state index contributed by atoms with van der Waals surface area (Å²) in [5.41, 5.74) is 3.21. The molecule has 0 spiro atoms. The predicted molar refractivity (Wildman–Crippen MR) is 121 cm³/mol. The maximum Gasteiger partial charge on any atom is 0.258 e. The zero-order valence-electron chi connectivity index (χ0n) is 15.9. The average molecular weight is 446 g/mol. The number of amides is 2. The Labute approximate surface area is 182 Å². The lowest BCUT2D eigenvalue weighted by molar-refractivity contribution is -0.116. The number of hydrogen-bond acceptors (Lipinski definition) is 4. The number of anilines is 1. The number of rotatable bonds is 5. The molecule has 0 saturated carbocycles. The Balaban J connectivity index is 1.41. The molecule has 2 heterocycles. The molecule has 0 unspecified atom stereocenters. The molecule has 4 rings (SSSR count). The lowest BCUT2D eigenvalue weighted by Crippen LogP contribution is -2.30. The number of halogens is 1. The number of fused-ring (bicyclic) bond motifs is 2. The topological polar surface area (TPSA) is 54.7 Å². The van der Waals surface area contributed by atoms with Crippen molar-refractivity contribution in [1.29, 1.82) is 0 Å². The molecule has 0 aliphatic carbocycles. The second kappa shape index (κ2) is 8.73. The van der Waals surface area contributed by atoms with Crippen LogP contribution in [0.3, 0.4) is 0 Å². The second-order valence-corrected chi connectivity index (χ2v) is 9.09. The van der Waals surface area contributed by atoms with Crippen LogP contribution in [0.5, 0.6) is 0 Å². The number of thioether (sulfide) groups is 1. The van der Waals surface area contributed by atoms with Crippen molar-refractivity contribution >= 4 is 62.4 Å². The van der Waals surface area contributed by atoms with Gasteiger partial charge in [-0.3, -0.25) is 9.59 Å². The normalized spacial score (nSPS) is 13.9. The fraction of sp³-hybridized carbons (Fsp3) is 0.286. The minimum atomic E-state index is -0.232. The van der Waals surface area contributed by atoms with Gasteiger partial charge in [0.25, 0.3) is 5.91 Å². The van der Waals surface area contributed by atoms with Crippen LogP contribution in [0.1, 0.15) is 12.5 Å². The van der Waals surface area contributed by atoms with Crippen molar-refractivity contribution in [2.45, 2.75) is 19.9 Å². The first-order chi connectivity index (χ1) is 14.1. The van der Waals surface area contributed by atoms with Crippen LogP contribution in [-0.2, 0) is 22.6 Å². The maximum atomic E-state index is 12.5. The average Bonchev–Trinajstić information content (AvgIpc) is 3.28. The molecule has 1 aromatic heterocycles. The van der Waals surface area contributed by atoms with E-state index in [4.69, 9.17) is 11.6 Å². The molecule has 0 bridgehead atoms. The Hall–Kier alpha value is -2.09. The van der Waals surface area contributed by atoms with E-state index in [9.17, 15) is 9.59 Å². The smallest absolute Gasteiger partial charge is 0.258 e. The van der Waals surface area contributed by atoms with Gasteiger partial charge in [0.2, 0.25) is 5.91 Å². The molecule has 0 atom stereocenters. The highest BCUT2D eigenvalue weighted by molar-refractivity contribution is 8.00. The predicted octanol–water partition coefficient (Wildman–Crippen LogP) is 4.13. The molecule has 0 radical (unpaired) electrons. The van der Waals surface area contributed by atoms with Gasteiger partial charge in [0.05, 0.1) is 21.7 Å². The minimum Gasteiger partial charge on any atom is -0.317 e. The number of benzene rings is 2. The molecule has 29 heavy (non-hydrogen) atoms. The van der Waals surface area contributed by atoms with Gasteiger partial charge in [0.1, 0.15) is 0 Å². The van der Waals surface area contributed by atoms with Gasteiger partial charge in [-0.25, -0.2) is 0 Å². The van der Waals surface area contributed by atoms with E-state index in [0.29, 0.717) is 22.9 Å². The van der Waals surface area contributed by atoms with Gasteiger partial charge in [-0.05, 0) is 43.2 Å². The fourth-order valence-corrected chi connectivity index (χ4v) is 5.54. The third-order valence-corrected chi connectivity index (χ3v) is 7.00. The molecular weight excluding hydrogens is 426 g/mol. The minimum absolute atomic E-state index is 0.0351. The Morgan fingerprint density at radius 3 is 2.86 bits per heavy atom. The van der Waals surface area contributed by atoms with Crippen LogP contribution >= 0.6 is 34.7 Å². The van der Waals surface area contributed by atoms with Gasteiger partial charge in [-0.2, -0.15) is 4.99 Å². The second-order valence-electron chi connectivity index (χ2n) is 6.66. The van der Waals surface area contributed by atoms with Gasteiger partial charge in [0, 0.05) is 23.8 Å². The zero-order chi connectivity index (χ0) is 20.4. The van der Waals surface area contributed by atoms with Gasteiger partial charge in [0.15, 0.2) is 4.80 Å². The maximum absolute atomic E-state index is 12.5. The highest BCUT2D eigenvalue weighted by atomic mass is 35.5. The monoisotopic (exact) mass is 445 g/mol. The first-order valence-electron chi connectivity index (χ1n) is 9.39. The highest BCUT2D eigenvalue weighted by Crippen LogP contribution is 2.28. The number of carbonyl (C=O) groups excluding carboxylic acids is 2. The third kappa shape index (κ3) is 4.27. The Bertz CT molecular complexity index is 1150. The zero-order valence-corrected chi connectivity index (χ0v) is 18.3. The molecule has 5 nitrogen and oxygen atoms in total. The summed E-state index contributed by atoms with van der Waals surface area (Å²) in [5, 5.41) is 0.664. The van der Waals surface area contributed by atoms with Crippen LogP contribution in [-0.4, -0.2) is 34.4 Å². The van der Waals surface area contributed by atoms with E-state index in [-0.39, 0.29) is 23.3 Å². The molecule has 8 heteroatoms. The van der Waals surface area contributed by atoms with E-state index in [1.54, 1.807) is 0 Å². The largest absolute Gasteiger partial charge is 0.317 e. The molecule has 1 aliphatic rings. The molecule has 0 N–H and O–H groups in total. The van der Waals surface area contributed by atoms with Crippen LogP contribution in [0.2, 0.25) is 5.02 Å². The Kier molecular flexibility index (Phi) is 6.08. The molecule has 0 saturated heterocycles. The van der Waals surface area contributed by atoms with E-state index in [1.165, 1.54) is 28.7 Å². The molecule has 0 fully saturated rings. The summed E-state index contributed by atoms with van der Waals surface area (Å²) >= 11 is 8.84. The van der Waals surface area contributed by atoms with Crippen molar-refractivity contribution in [1.82, 2.24) is 4.57 Å². The van der Waals surface area contributed by atoms with Crippen molar-refractivity contribution in [3.05, 3.63) is 57.9 Å². The van der Waals surface area contributed by atoms with Gasteiger partial charge >= 0.3 is 0 Å². The van der Waals surface area contributed by atoms with Crippen molar-refractivity contribution in [3.63, 3.8) is 0 Å². The van der Waals surface area contributed by atoms with Gasteiger partial charge in [-0.1, -0.05) is 41.1 Å². The number of carbonyl (C=O) groups is 2. The van der Waals surface area contributed by atoms with Crippen LogP contribution in [0.4, 0.5) is 5.69 Å². The quantitative estimate of drug-likeness (QED) is 0.593. The highest BCUT2D eigenvalue weighted by Gasteiger charge is 2.23. The van der Waals surface area contributed by atoms with Crippen LogP contribution in [0, 0.1) is 0 Å². The summed E-state index contributed by atoms with van der Waals surface area (Å²) in [6.07, 6.45) is 0.883. The summed E-state index contributed by atoms with van der Waals surface area (Å²) < 4.78 is 3.01. The summed E-state index contributed by atoms with van der Waals surface area (Å²) in [6.45, 7) is 3.44. The van der Waals surface area contributed by atoms with Gasteiger partial charge < -0.3 is 9.47 Å². The molecule has 150 valence electrons. The molecule has 1 aliphatic heterocycles. The van der Waals surface area contributed by atoms with Crippen LogP contribution < -0.4 is 9.70 Å². The van der Waals surface area contributed by atoms with Crippen molar-refractivity contribution < 1.29 is 9.59 Å². The first kappa shape index (κ1) is 20.2. The third-order valence-electron chi connectivity index (χ3n) is 4.82. The molecular formula is C21H20ClN3O2S2. The fourth-order valence-electron chi connectivity index (χ4n) is 3.48. The summed E-state index contributed by atoms with van der Waals surface area (Å²) in [7, 11) is 0. The number of para-hydroxylation sites is 1. The van der Waals surface area contributed by atoms with Crippen molar-refractivity contribution in [2.24, 2.45) is 4.99 Å². The Morgan fingerprint density at radius 2 is 2.03 bits per heavy atom. The lowest BCUT2D eigenvalue weighted by Gasteiger charge is -2.16. The molecule has 2 amide bonds. The number of aryl methyl sites for hydroxylation is 1. The van der Waals surface area contributed by atoms with Crippen molar-refractivity contribution in [2.75, 3.05) is 23.0 Å². The standard InChI is InChI=1S/C21H20ClN3O2S2/c1-2-24-17-8-7-15(22)11-18(17)29-21(24)23-19(26)12-28-13-20(27)25-10-9-14-5-3-4-6-16(14)25/h3-8,11H,2,9-10,12-13H2,1H3. The van der Waals surface area contributed by atoms with Crippen molar-refractivity contribution in [3.8, 4) is 0 Å². The number of aromatic nitrogens is 1. The van der Waals surface area contributed by atoms with E-state index in [0.717, 1.165) is 22.3 Å². The van der Waals surface area contributed by atoms with Gasteiger partial charge in [-0.15, -0.1) is 11.8 Å². The first-order valence-corrected chi connectivity index (χ1v) is 11.7. The summed E-state index contributed by atoms with van der Waals surface area (Å²) in [5.74, 6) is 0.253. The lowest BCUT2D eigenvalue weighted by atomic mass is 10.2. The molecule has 2 aromatic carbocycles. The Morgan fingerprint density at radius 1 is 1.21 bits per heavy atom. The summed E-state index contributed by atoms with van der Waals surface area (Å²) in [6, 6.07) is 13.6.